The number of H-pyrrole nitrogens is 2. The van der Waals surface area contributed by atoms with Crippen LogP contribution >= 0.6 is 11.6 Å². The van der Waals surface area contributed by atoms with E-state index >= 15 is 0 Å². The zero-order valence-electron chi connectivity index (χ0n) is 39.9. The summed E-state index contributed by atoms with van der Waals surface area (Å²) in [4.78, 5) is 72.0. The Morgan fingerprint density at radius 1 is 0.778 bits per heavy atom. The highest BCUT2D eigenvalue weighted by Crippen LogP contribution is 2.52. The molecular formula is C50H53ClF6N8O7. The summed E-state index contributed by atoms with van der Waals surface area (Å²) in [6.07, 6.45) is -7.51. The number of nitrogens with zero attached hydrogens (tertiary/aromatic N) is 4. The molecule has 5 aromatic rings. The first-order valence-corrected chi connectivity index (χ1v) is 24.4. The molecule has 4 amide bonds. The Balaban J connectivity index is 0.944. The van der Waals surface area contributed by atoms with Gasteiger partial charge in [0.1, 0.15) is 36.1 Å². The number of ether oxygens (including phenoxy) is 2. The fraction of sp³-hybridized carbons (Fsp3) is 0.520. The lowest BCUT2D eigenvalue weighted by atomic mass is 9.82. The van der Waals surface area contributed by atoms with Gasteiger partial charge in [-0.25, -0.2) is 19.6 Å². The van der Waals surface area contributed by atoms with Crippen LogP contribution in [0.25, 0.3) is 44.2 Å². The number of carbonyl (C=O) groups is 4. The number of aromatic amines is 2. The van der Waals surface area contributed by atoms with Crippen molar-refractivity contribution in [1.29, 1.82) is 0 Å². The number of rotatable bonds is 9. The number of alkyl halides is 6. The summed E-state index contributed by atoms with van der Waals surface area (Å²) >= 11 is 6.81. The maximum atomic E-state index is 14.5. The number of aromatic nitrogens is 4. The van der Waals surface area contributed by atoms with Gasteiger partial charge >= 0.3 is 24.5 Å². The van der Waals surface area contributed by atoms with E-state index in [1.54, 1.807) is 0 Å². The summed E-state index contributed by atoms with van der Waals surface area (Å²) in [5.41, 5.74) is -0.622. The van der Waals surface area contributed by atoms with Gasteiger partial charge in [-0.2, -0.15) is 26.3 Å². The van der Waals surface area contributed by atoms with E-state index < -0.39 is 77.4 Å². The number of alkyl carbamates (subject to hydrolysis) is 1. The maximum Gasteiger partial charge on any atom is 0.407 e. The Hall–Kier alpha value is -6.25. The number of methoxy groups -OCH3 is 1. The van der Waals surface area contributed by atoms with Gasteiger partial charge in [0.05, 0.1) is 46.8 Å². The van der Waals surface area contributed by atoms with Crippen molar-refractivity contribution in [3.05, 3.63) is 64.8 Å². The van der Waals surface area contributed by atoms with Crippen LogP contribution in [0.5, 0.6) is 5.75 Å². The quantitative estimate of drug-likeness (QED) is 0.0893. The Morgan fingerprint density at radius 3 is 1.93 bits per heavy atom. The lowest BCUT2D eigenvalue weighted by molar-refractivity contribution is -0.222. The average Bonchev–Trinajstić information content (AvgIpc) is 4.18. The standard InChI is InChI=1S/C50H53ClF6N8O7/c1-47(2,49(52,53)54)38(61-45(68)69)43(66)65-32-11-7-9-24(32)19-34(65)42-59-36(40(51)63-42)25-12-14-27-26(16-25)21-72-35-20-28-22(17-29(27)35)13-15-30-37(28)60-41(58-30)33-18-23-8-6-10-31(23)64(33)44(67)39(62-46(70)71-5)48(3,4)50(55,56)57/h12-17,20,23-24,31-34,38-39,61H,6-11,18-19,21H2,1-5H3,(H,58,60)(H,59,63)(H,62,70)(H,68,69)/t23-,24-,31-,32-,33-,34-,38?,39?/m0/s1. The van der Waals surface area contributed by atoms with E-state index in [0.717, 1.165) is 88.0 Å². The van der Waals surface area contributed by atoms with Gasteiger partial charge in [0.2, 0.25) is 11.8 Å². The molecule has 0 spiro atoms. The number of hydrogen-bond acceptors (Lipinski definition) is 8. The van der Waals surface area contributed by atoms with Crippen LogP contribution in [0, 0.1) is 22.7 Å². The van der Waals surface area contributed by atoms with E-state index in [0.29, 0.717) is 59.5 Å². The van der Waals surface area contributed by atoms with Crippen molar-refractivity contribution in [3.8, 4) is 28.1 Å². The SMILES string of the molecule is COC(=O)NC(C(=O)N1[C@H](c2nc3ccc4cc5c(cc4c3[nH]2)OCc2cc(-c3[nH]c([C@@H]4C[C@@H]6CCC[C@@H]6N4C(=O)C(NC(=O)O)C(C)(C)C(F)(F)F)nc3Cl)ccc2-5)C[C@@H]2CCC[C@@H]21)C(C)(C)C(F)(F)F. The highest BCUT2D eigenvalue weighted by Gasteiger charge is 2.61. The first kappa shape index (κ1) is 49.3. The van der Waals surface area contributed by atoms with Crippen molar-refractivity contribution in [2.24, 2.45) is 22.7 Å². The number of amides is 4. The van der Waals surface area contributed by atoms with Crippen molar-refractivity contribution in [2.45, 2.75) is 134 Å². The van der Waals surface area contributed by atoms with Crippen LogP contribution in [0.4, 0.5) is 35.9 Å². The second-order valence-electron chi connectivity index (χ2n) is 21.0. The van der Waals surface area contributed by atoms with E-state index in [9.17, 15) is 50.6 Å². The molecule has 0 bridgehead atoms. The number of imidazole rings is 2. The molecule has 3 aliphatic heterocycles. The normalized spacial score (nSPS) is 23.8. The Labute approximate surface area is 413 Å². The third-order valence-corrected chi connectivity index (χ3v) is 16.5. The zero-order chi connectivity index (χ0) is 51.6. The molecule has 2 aromatic heterocycles. The van der Waals surface area contributed by atoms with Crippen molar-refractivity contribution in [1.82, 2.24) is 40.4 Å². The number of halogens is 7. The number of hydrogen-bond donors (Lipinski definition) is 5. The Kier molecular flexibility index (Phi) is 12.0. The van der Waals surface area contributed by atoms with Crippen molar-refractivity contribution in [3.63, 3.8) is 0 Å². The van der Waals surface area contributed by atoms with Gasteiger partial charge in [0.15, 0.2) is 5.15 Å². The third kappa shape index (κ3) is 8.04. The van der Waals surface area contributed by atoms with Crippen LogP contribution < -0.4 is 15.4 Å². The second kappa shape index (κ2) is 17.5. The van der Waals surface area contributed by atoms with Crippen LogP contribution in [-0.2, 0) is 20.9 Å². The smallest absolute Gasteiger partial charge is 0.407 e. The van der Waals surface area contributed by atoms with E-state index in [4.69, 9.17) is 21.3 Å². The molecule has 2 saturated carbocycles. The molecule has 72 heavy (non-hydrogen) atoms. The number of carbonyl (C=O) groups excluding carboxylic acids is 3. The Morgan fingerprint density at radius 2 is 1.36 bits per heavy atom. The molecule has 5 N–H and O–H groups in total. The Bertz CT molecular complexity index is 3030. The molecule has 5 heterocycles. The van der Waals surface area contributed by atoms with Gasteiger partial charge in [-0.1, -0.05) is 42.6 Å². The van der Waals surface area contributed by atoms with Crippen molar-refractivity contribution in [2.75, 3.05) is 7.11 Å². The highest BCUT2D eigenvalue weighted by molar-refractivity contribution is 6.32. The van der Waals surface area contributed by atoms with Gasteiger partial charge in [-0.15, -0.1) is 0 Å². The largest absolute Gasteiger partial charge is 0.488 e. The van der Waals surface area contributed by atoms with Gasteiger partial charge in [0, 0.05) is 28.6 Å². The molecule has 384 valence electrons. The molecule has 22 heteroatoms. The molecule has 5 aliphatic rings. The summed E-state index contributed by atoms with van der Waals surface area (Å²) in [5.74, 6) is -0.574. The van der Waals surface area contributed by atoms with Crippen molar-refractivity contribution >= 4 is 57.4 Å². The molecule has 15 nitrogen and oxygen atoms in total. The minimum Gasteiger partial charge on any atom is -0.488 e. The fourth-order valence-electron chi connectivity index (χ4n) is 12.1. The monoisotopic (exact) mass is 1030 g/mol. The molecule has 8 atom stereocenters. The van der Waals surface area contributed by atoms with Gasteiger partial charge < -0.3 is 45.0 Å². The second-order valence-corrected chi connectivity index (χ2v) is 21.4. The number of benzene rings is 3. The fourth-order valence-corrected chi connectivity index (χ4v) is 12.3. The lowest BCUT2D eigenvalue weighted by Crippen LogP contribution is -2.60. The minimum absolute atomic E-state index is 0.0269. The van der Waals surface area contributed by atoms with Crippen LogP contribution in [-0.4, -0.2) is 102 Å². The number of carboxylic acid groups (broad SMARTS) is 1. The average molecular weight is 1030 g/mol. The molecule has 2 aliphatic carbocycles. The van der Waals surface area contributed by atoms with Gasteiger partial charge in [-0.3, -0.25) is 9.59 Å². The molecule has 2 saturated heterocycles. The number of nitrogens with one attached hydrogen (secondary N) is 4. The first-order valence-electron chi connectivity index (χ1n) is 24.0. The topological polar surface area (TPSA) is 195 Å². The molecule has 2 unspecified atom stereocenters. The first-order chi connectivity index (χ1) is 33.9. The molecule has 4 fully saturated rings. The van der Waals surface area contributed by atoms with Crippen LogP contribution in [0.1, 0.15) is 108 Å². The van der Waals surface area contributed by atoms with Crippen LogP contribution in [0.3, 0.4) is 0 Å². The molecule has 0 radical (unpaired) electrons. The van der Waals surface area contributed by atoms with E-state index in [1.165, 1.54) is 9.80 Å². The van der Waals surface area contributed by atoms with Gasteiger partial charge in [-0.05, 0) is 119 Å². The van der Waals surface area contributed by atoms with Crippen LogP contribution in [0.15, 0.2) is 42.5 Å². The summed E-state index contributed by atoms with van der Waals surface area (Å²) in [5, 5.41) is 15.3. The maximum absolute atomic E-state index is 14.5. The van der Waals surface area contributed by atoms with E-state index in [-0.39, 0.29) is 35.5 Å². The van der Waals surface area contributed by atoms with E-state index in [1.807, 2.05) is 47.8 Å². The van der Waals surface area contributed by atoms with E-state index in [2.05, 4.69) is 25.0 Å². The number of likely N-dealkylation sites (tertiary alicyclic amines) is 2. The summed E-state index contributed by atoms with van der Waals surface area (Å²) in [6.45, 7) is 3.54. The number of fused-ring (bicyclic) bond motifs is 8. The molecule has 10 rings (SSSR count). The molecular weight excluding hydrogens is 974 g/mol. The molecule has 3 aromatic carbocycles. The van der Waals surface area contributed by atoms with Gasteiger partial charge in [0.25, 0.3) is 0 Å². The lowest BCUT2D eigenvalue weighted by Gasteiger charge is -2.39. The summed E-state index contributed by atoms with van der Waals surface area (Å²) in [7, 11) is 1.02. The third-order valence-electron chi connectivity index (χ3n) is 16.3. The predicted molar refractivity (Wildman–Crippen MR) is 251 cm³/mol. The highest BCUT2D eigenvalue weighted by atomic mass is 35.5. The minimum atomic E-state index is -4.91. The predicted octanol–water partition coefficient (Wildman–Crippen LogP) is 10.7. The summed E-state index contributed by atoms with van der Waals surface area (Å²) in [6, 6.07) is 6.95. The zero-order valence-corrected chi connectivity index (χ0v) is 40.6. The van der Waals surface area contributed by atoms with Crippen molar-refractivity contribution < 1.29 is 60.1 Å². The summed E-state index contributed by atoms with van der Waals surface area (Å²) < 4.78 is 97.7. The van der Waals surface area contributed by atoms with Crippen LogP contribution in [0.2, 0.25) is 5.15 Å².